The van der Waals surface area contributed by atoms with Crippen LogP contribution >= 0.6 is 0 Å². The predicted molar refractivity (Wildman–Crippen MR) is 64.3 cm³/mol. The highest BCUT2D eigenvalue weighted by molar-refractivity contribution is 5.51. The van der Waals surface area contributed by atoms with E-state index in [1.54, 1.807) is 14.2 Å². The SMILES string of the molecule is CCC1NCCc2c(OC)ccc(OC)c21. The summed E-state index contributed by atoms with van der Waals surface area (Å²) < 4.78 is 10.9. The molecule has 0 fully saturated rings. The maximum atomic E-state index is 5.45. The van der Waals surface area contributed by atoms with E-state index in [1.807, 2.05) is 12.1 Å². The molecule has 1 unspecified atom stereocenters. The number of nitrogens with one attached hydrogen (secondary N) is 1. The molecule has 0 saturated heterocycles. The average molecular weight is 221 g/mol. The minimum atomic E-state index is 0.383. The van der Waals surface area contributed by atoms with E-state index in [1.165, 1.54) is 11.1 Å². The van der Waals surface area contributed by atoms with Crippen molar-refractivity contribution in [1.82, 2.24) is 5.32 Å². The smallest absolute Gasteiger partial charge is 0.124 e. The third kappa shape index (κ3) is 1.76. The molecule has 0 aromatic heterocycles. The highest BCUT2D eigenvalue weighted by atomic mass is 16.5. The van der Waals surface area contributed by atoms with Crippen molar-refractivity contribution in [1.29, 1.82) is 0 Å². The Labute approximate surface area is 96.8 Å². The van der Waals surface area contributed by atoms with Gasteiger partial charge < -0.3 is 14.8 Å². The van der Waals surface area contributed by atoms with Crippen LogP contribution in [0.25, 0.3) is 0 Å². The molecule has 16 heavy (non-hydrogen) atoms. The van der Waals surface area contributed by atoms with E-state index in [0.717, 1.165) is 30.9 Å². The lowest BCUT2D eigenvalue weighted by Crippen LogP contribution is -2.30. The number of hydrogen-bond donors (Lipinski definition) is 1. The van der Waals surface area contributed by atoms with Crippen molar-refractivity contribution in [3.05, 3.63) is 23.3 Å². The maximum absolute atomic E-state index is 5.45. The summed E-state index contributed by atoms with van der Waals surface area (Å²) >= 11 is 0. The van der Waals surface area contributed by atoms with Crippen molar-refractivity contribution in [2.45, 2.75) is 25.8 Å². The van der Waals surface area contributed by atoms with Gasteiger partial charge in [-0.2, -0.15) is 0 Å². The second kappa shape index (κ2) is 4.74. The molecule has 88 valence electrons. The van der Waals surface area contributed by atoms with Gasteiger partial charge in [0.25, 0.3) is 0 Å². The van der Waals surface area contributed by atoms with Gasteiger partial charge in [-0.25, -0.2) is 0 Å². The predicted octanol–water partition coefficient (Wildman–Crippen LogP) is 2.30. The Morgan fingerprint density at radius 3 is 2.56 bits per heavy atom. The molecule has 1 N–H and O–H groups in total. The van der Waals surface area contributed by atoms with Gasteiger partial charge in [0.1, 0.15) is 11.5 Å². The minimum Gasteiger partial charge on any atom is -0.496 e. The monoisotopic (exact) mass is 221 g/mol. The van der Waals surface area contributed by atoms with Crippen molar-refractivity contribution < 1.29 is 9.47 Å². The number of benzene rings is 1. The summed E-state index contributed by atoms with van der Waals surface area (Å²) in [5.74, 6) is 1.95. The summed E-state index contributed by atoms with van der Waals surface area (Å²) in [7, 11) is 3.45. The number of fused-ring (bicyclic) bond motifs is 1. The van der Waals surface area contributed by atoms with Gasteiger partial charge in [0, 0.05) is 17.2 Å². The van der Waals surface area contributed by atoms with Crippen LogP contribution in [0.1, 0.15) is 30.5 Å². The molecule has 1 aliphatic heterocycles. The van der Waals surface area contributed by atoms with Gasteiger partial charge in [-0.15, -0.1) is 0 Å². The second-order valence-corrected chi connectivity index (χ2v) is 4.03. The lowest BCUT2D eigenvalue weighted by molar-refractivity contribution is 0.373. The molecule has 0 amide bonds. The summed E-state index contributed by atoms with van der Waals surface area (Å²) in [5, 5.41) is 3.52. The highest BCUT2D eigenvalue weighted by Gasteiger charge is 2.24. The van der Waals surface area contributed by atoms with Crippen LogP contribution in [-0.2, 0) is 6.42 Å². The third-order valence-corrected chi connectivity index (χ3v) is 3.24. The molecular weight excluding hydrogens is 202 g/mol. The molecule has 1 heterocycles. The first-order chi connectivity index (χ1) is 7.81. The van der Waals surface area contributed by atoms with Crippen LogP contribution in [-0.4, -0.2) is 20.8 Å². The van der Waals surface area contributed by atoms with Crippen LogP contribution in [0.3, 0.4) is 0 Å². The van der Waals surface area contributed by atoms with Crippen LogP contribution < -0.4 is 14.8 Å². The van der Waals surface area contributed by atoms with Crippen LogP contribution in [0.4, 0.5) is 0 Å². The Hall–Kier alpha value is -1.22. The van der Waals surface area contributed by atoms with Gasteiger partial charge >= 0.3 is 0 Å². The van der Waals surface area contributed by atoms with E-state index in [2.05, 4.69) is 12.2 Å². The molecule has 3 heteroatoms. The lowest BCUT2D eigenvalue weighted by atomic mass is 9.91. The zero-order chi connectivity index (χ0) is 11.5. The number of methoxy groups -OCH3 is 2. The fourth-order valence-corrected chi connectivity index (χ4v) is 2.45. The van der Waals surface area contributed by atoms with Crippen molar-refractivity contribution in [2.24, 2.45) is 0 Å². The Morgan fingerprint density at radius 2 is 1.94 bits per heavy atom. The van der Waals surface area contributed by atoms with Gasteiger partial charge in [-0.3, -0.25) is 0 Å². The Kier molecular flexibility index (Phi) is 3.34. The van der Waals surface area contributed by atoms with Crippen LogP contribution in [0.2, 0.25) is 0 Å². The molecule has 0 radical (unpaired) electrons. The molecule has 1 aromatic carbocycles. The van der Waals surface area contributed by atoms with E-state index in [0.29, 0.717) is 6.04 Å². The Bertz CT molecular complexity index is 376. The summed E-state index contributed by atoms with van der Waals surface area (Å²) in [5.41, 5.74) is 2.57. The fourth-order valence-electron chi connectivity index (χ4n) is 2.45. The zero-order valence-electron chi connectivity index (χ0n) is 10.2. The average Bonchev–Trinajstić information content (AvgIpc) is 2.36. The molecule has 2 rings (SSSR count). The standard InChI is InChI=1S/C13H19NO2/c1-4-10-13-9(7-8-14-10)11(15-2)5-6-12(13)16-3/h5-6,10,14H,4,7-8H2,1-3H3. The van der Waals surface area contributed by atoms with Crippen molar-refractivity contribution in [3.63, 3.8) is 0 Å². The van der Waals surface area contributed by atoms with Crippen LogP contribution in [0, 0.1) is 0 Å². The number of hydrogen-bond acceptors (Lipinski definition) is 3. The van der Waals surface area contributed by atoms with Crippen LogP contribution in [0.15, 0.2) is 12.1 Å². The summed E-state index contributed by atoms with van der Waals surface area (Å²) in [6.07, 6.45) is 2.07. The summed E-state index contributed by atoms with van der Waals surface area (Å²) in [6.45, 7) is 3.20. The van der Waals surface area contributed by atoms with Crippen LogP contribution in [0.5, 0.6) is 11.5 Å². The van der Waals surface area contributed by atoms with Crippen molar-refractivity contribution >= 4 is 0 Å². The summed E-state index contributed by atoms with van der Waals surface area (Å²) in [4.78, 5) is 0. The molecule has 0 saturated carbocycles. The maximum Gasteiger partial charge on any atom is 0.124 e. The summed E-state index contributed by atoms with van der Waals surface area (Å²) in [6, 6.07) is 4.37. The molecule has 1 aromatic rings. The van der Waals surface area contributed by atoms with Crippen molar-refractivity contribution in [3.8, 4) is 11.5 Å². The normalized spacial score (nSPS) is 19.1. The molecule has 0 bridgehead atoms. The number of ether oxygens (including phenoxy) is 2. The third-order valence-electron chi connectivity index (χ3n) is 3.24. The van der Waals surface area contributed by atoms with Gasteiger partial charge in [0.2, 0.25) is 0 Å². The quantitative estimate of drug-likeness (QED) is 0.849. The zero-order valence-corrected chi connectivity index (χ0v) is 10.2. The largest absolute Gasteiger partial charge is 0.496 e. The highest BCUT2D eigenvalue weighted by Crippen LogP contribution is 2.38. The Balaban J connectivity index is 2.54. The first kappa shape index (κ1) is 11.3. The van der Waals surface area contributed by atoms with E-state index in [-0.39, 0.29) is 0 Å². The van der Waals surface area contributed by atoms with Crippen molar-refractivity contribution in [2.75, 3.05) is 20.8 Å². The first-order valence-electron chi connectivity index (χ1n) is 5.79. The van der Waals surface area contributed by atoms with E-state index < -0.39 is 0 Å². The molecule has 3 nitrogen and oxygen atoms in total. The topological polar surface area (TPSA) is 30.5 Å². The van der Waals surface area contributed by atoms with Gasteiger partial charge in [0.15, 0.2) is 0 Å². The Morgan fingerprint density at radius 1 is 1.25 bits per heavy atom. The minimum absolute atomic E-state index is 0.383. The van der Waals surface area contributed by atoms with E-state index in [9.17, 15) is 0 Å². The molecular formula is C13H19NO2. The van der Waals surface area contributed by atoms with Gasteiger partial charge in [-0.05, 0) is 31.5 Å². The molecule has 0 spiro atoms. The number of rotatable bonds is 3. The lowest BCUT2D eigenvalue weighted by Gasteiger charge is -2.29. The first-order valence-corrected chi connectivity index (χ1v) is 5.79. The molecule has 1 atom stereocenters. The van der Waals surface area contributed by atoms with E-state index in [4.69, 9.17) is 9.47 Å². The van der Waals surface area contributed by atoms with Gasteiger partial charge in [-0.1, -0.05) is 6.92 Å². The fraction of sp³-hybridized carbons (Fsp3) is 0.538. The molecule has 0 aliphatic carbocycles. The second-order valence-electron chi connectivity index (χ2n) is 4.03. The van der Waals surface area contributed by atoms with E-state index >= 15 is 0 Å². The van der Waals surface area contributed by atoms with Gasteiger partial charge in [0.05, 0.1) is 14.2 Å². The molecule has 1 aliphatic rings.